The lowest BCUT2D eigenvalue weighted by molar-refractivity contribution is 0.108. The molecule has 124 valence electrons. The molecule has 0 saturated heterocycles. The number of nitrogens with zero attached hydrogens (tertiary/aromatic N) is 2. The van der Waals surface area contributed by atoms with Gasteiger partial charge in [0.1, 0.15) is 23.9 Å². The van der Waals surface area contributed by atoms with Gasteiger partial charge in [-0.1, -0.05) is 6.07 Å². The van der Waals surface area contributed by atoms with Crippen molar-refractivity contribution < 1.29 is 14.3 Å². The molecule has 0 atom stereocenters. The van der Waals surface area contributed by atoms with Gasteiger partial charge in [-0.3, -0.25) is 4.79 Å². The number of carbonyl (C=O) groups excluding carboxylic acids is 1. The number of rotatable bonds is 6. The Labute approximate surface area is 144 Å². The Morgan fingerprint density at radius 2 is 1.96 bits per heavy atom. The van der Waals surface area contributed by atoms with E-state index in [-0.39, 0.29) is 6.61 Å². The summed E-state index contributed by atoms with van der Waals surface area (Å²) in [4.78, 5) is 15.8. The van der Waals surface area contributed by atoms with Crippen molar-refractivity contribution in [3.05, 3.63) is 53.9 Å². The summed E-state index contributed by atoms with van der Waals surface area (Å²) in [5, 5.41) is -0.508. The number of hydrogen-bond donors (Lipinski definition) is 0. The van der Waals surface area contributed by atoms with Crippen LogP contribution in [0.5, 0.6) is 11.5 Å². The molecule has 0 radical (unpaired) electrons. The molecule has 0 aliphatic heterocycles. The predicted molar refractivity (Wildman–Crippen MR) is 92.8 cm³/mol. The van der Waals surface area contributed by atoms with Crippen LogP contribution in [0.3, 0.4) is 0 Å². The van der Waals surface area contributed by atoms with Gasteiger partial charge in [-0.2, -0.15) is 0 Å². The Hall–Kier alpha value is -2.53. The molecule has 24 heavy (non-hydrogen) atoms. The Kier molecular flexibility index (Phi) is 4.71. The topological polar surface area (TPSA) is 53.4 Å². The van der Waals surface area contributed by atoms with Crippen molar-refractivity contribution in [1.29, 1.82) is 0 Å². The van der Waals surface area contributed by atoms with Crippen LogP contribution >= 0.6 is 11.6 Å². The number of ether oxygens (including phenoxy) is 2. The van der Waals surface area contributed by atoms with Gasteiger partial charge in [0, 0.05) is 18.7 Å². The molecule has 0 aliphatic rings. The smallest absolute Gasteiger partial charge is 0.252 e. The molecule has 0 unspecified atom stereocenters. The van der Waals surface area contributed by atoms with E-state index < -0.39 is 5.24 Å². The van der Waals surface area contributed by atoms with Crippen LogP contribution in [0.2, 0.25) is 0 Å². The van der Waals surface area contributed by atoms with Crippen LogP contribution < -0.4 is 9.47 Å². The Morgan fingerprint density at radius 3 is 2.71 bits per heavy atom. The molecule has 6 heteroatoms. The minimum Gasteiger partial charge on any atom is -0.494 e. The van der Waals surface area contributed by atoms with Crippen LogP contribution in [0, 0.1) is 0 Å². The van der Waals surface area contributed by atoms with E-state index in [0.29, 0.717) is 17.9 Å². The third-order valence-electron chi connectivity index (χ3n) is 3.68. The second kappa shape index (κ2) is 6.93. The first-order chi connectivity index (χ1) is 11.6. The van der Waals surface area contributed by atoms with Gasteiger partial charge in [-0.05, 0) is 48.9 Å². The van der Waals surface area contributed by atoms with Crippen molar-refractivity contribution >= 4 is 27.9 Å². The third-order valence-corrected chi connectivity index (χ3v) is 3.90. The quantitative estimate of drug-likeness (QED) is 0.636. The highest BCUT2D eigenvalue weighted by molar-refractivity contribution is 6.67. The van der Waals surface area contributed by atoms with Crippen molar-refractivity contribution in [2.24, 2.45) is 7.05 Å². The summed E-state index contributed by atoms with van der Waals surface area (Å²) in [6.45, 7) is 2.86. The summed E-state index contributed by atoms with van der Waals surface area (Å²) in [5.74, 6) is 2.17. The third kappa shape index (κ3) is 3.36. The summed E-state index contributed by atoms with van der Waals surface area (Å²) < 4.78 is 13.2. The fourth-order valence-electron chi connectivity index (χ4n) is 2.46. The maximum Gasteiger partial charge on any atom is 0.252 e. The molecular weight excluding hydrogens is 328 g/mol. The van der Waals surface area contributed by atoms with Gasteiger partial charge < -0.3 is 14.0 Å². The molecule has 3 rings (SSSR count). The molecule has 5 nitrogen and oxygen atoms in total. The molecule has 1 aromatic heterocycles. The number of aryl methyl sites for hydroxylation is 1. The zero-order chi connectivity index (χ0) is 17.1. The summed E-state index contributed by atoms with van der Waals surface area (Å²) in [7, 11) is 1.93. The average Bonchev–Trinajstić information content (AvgIpc) is 2.89. The number of aromatic nitrogens is 2. The van der Waals surface area contributed by atoms with Gasteiger partial charge in [0.05, 0.1) is 17.6 Å². The van der Waals surface area contributed by atoms with Crippen LogP contribution in [-0.4, -0.2) is 21.4 Å². The normalized spacial score (nSPS) is 10.8. The Bertz CT molecular complexity index is 889. The maximum absolute atomic E-state index is 11.2. The van der Waals surface area contributed by atoms with E-state index in [1.54, 1.807) is 24.3 Å². The highest BCUT2D eigenvalue weighted by Crippen LogP contribution is 2.22. The van der Waals surface area contributed by atoms with Crippen molar-refractivity contribution in [3.63, 3.8) is 0 Å². The highest BCUT2D eigenvalue weighted by Gasteiger charge is 2.10. The first kappa shape index (κ1) is 16.3. The van der Waals surface area contributed by atoms with Gasteiger partial charge in [0.15, 0.2) is 0 Å². The van der Waals surface area contributed by atoms with Gasteiger partial charge in [-0.25, -0.2) is 4.98 Å². The first-order valence-corrected chi connectivity index (χ1v) is 7.97. The molecule has 0 bridgehead atoms. The molecule has 0 N–H and O–H groups in total. The largest absolute Gasteiger partial charge is 0.494 e. The van der Waals surface area contributed by atoms with E-state index in [0.717, 1.165) is 22.6 Å². The van der Waals surface area contributed by atoms with Gasteiger partial charge in [-0.15, -0.1) is 0 Å². The van der Waals surface area contributed by atoms with Crippen LogP contribution in [0.4, 0.5) is 0 Å². The minimum atomic E-state index is -0.508. The number of carbonyl (C=O) groups is 1. The molecular formula is C18H17ClN2O3. The predicted octanol–water partition coefficient (Wildman–Crippen LogP) is 3.93. The monoisotopic (exact) mass is 344 g/mol. The molecule has 0 fully saturated rings. The molecule has 1 heterocycles. The van der Waals surface area contributed by atoms with Crippen LogP contribution in [0.15, 0.2) is 42.5 Å². The summed E-state index contributed by atoms with van der Waals surface area (Å²) in [6.07, 6.45) is 0. The molecule has 0 spiro atoms. The zero-order valence-electron chi connectivity index (χ0n) is 13.5. The standard InChI is InChI=1S/C18H17ClN2O3/c1-3-23-14-7-8-15-16(10-14)21(2)17(20-15)11-24-13-6-4-5-12(9-13)18(19)22/h4-10H,3,11H2,1-2H3. The lowest BCUT2D eigenvalue weighted by Crippen LogP contribution is -2.04. The summed E-state index contributed by atoms with van der Waals surface area (Å²) >= 11 is 5.49. The van der Waals surface area contributed by atoms with Gasteiger partial charge in [0.2, 0.25) is 0 Å². The molecule has 3 aromatic rings. The van der Waals surface area contributed by atoms with Crippen molar-refractivity contribution in [2.75, 3.05) is 6.61 Å². The second-order valence-electron chi connectivity index (χ2n) is 5.26. The fraction of sp³-hybridized carbons (Fsp3) is 0.222. The van der Waals surface area contributed by atoms with Crippen molar-refractivity contribution in [1.82, 2.24) is 9.55 Å². The first-order valence-electron chi connectivity index (χ1n) is 7.59. The average molecular weight is 345 g/mol. The van der Waals surface area contributed by atoms with E-state index >= 15 is 0 Å². The number of hydrogen-bond acceptors (Lipinski definition) is 4. The van der Waals surface area contributed by atoms with Crippen molar-refractivity contribution in [3.8, 4) is 11.5 Å². The fourth-order valence-corrected chi connectivity index (χ4v) is 2.58. The Balaban J connectivity index is 1.81. The van der Waals surface area contributed by atoms with Gasteiger partial charge >= 0.3 is 0 Å². The van der Waals surface area contributed by atoms with E-state index in [9.17, 15) is 4.79 Å². The van der Waals surface area contributed by atoms with Gasteiger partial charge in [0.25, 0.3) is 5.24 Å². The lowest BCUT2D eigenvalue weighted by Gasteiger charge is -2.07. The number of fused-ring (bicyclic) bond motifs is 1. The van der Waals surface area contributed by atoms with E-state index in [1.165, 1.54) is 0 Å². The molecule has 2 aromatic carbocycles. The SMILES string of the molecule is CCOc1ccc2nc(COc3cccc(C(=O)Cl)c3)n(C)c2c1. The lowest BCUT2D eigenvalue weighted by atomic mass is 10.2. The van der Waals surface area contributed by atoms with E-state index in [1.807, 2.05) is 36.7 Å². The zero-order valence-corrected chi connectivity index (χ0v) is 14.2. The van der Waals surface area contributed by atoms with Crippen LogP contribution in [-0.2, 0) is 13.7 Å². The maximum atomic E-state index is 11.2. The number of benzene rings is 2. The molecule has 0 aliphatic carbocycles. The second-order valence-corrected chi connectivity index (χ2v) is 5.60. The van der Waals surface area contributed by atoms with E-state index in [2.05, 4.69) is 4.98 Å². The highest BCUT2D eigenvalue weighted by atomic mass is 35.5. The number of imidazole rings is 1. The van der Waals surface area contributed by atoms with Crippen LogP contribution in [0.25, 0.3) is 11.0 Å². The molecule has 0 amide bonds. The molecule has 0 saturated carbocycles. The Morgan fingerprint density at radius 1 is 1.17 bits per heavy atom. The van der Waals surface area contributed by atoms with Crippen molar-refractivity contribution in [2.45, 2.75) is 13.5 Å². The minimum absolute atomic E-state index is 0.287. The summed E-state index contributed by atoms with van der Waals surface area (Å²) in [5.41, 5.74) is 2.26. The van der Waals surface area contributed by atoms with E-state index in [4.69, 9.17) is 21.1 Å². The summed E-state index contributed by atoms with van der Waals surface area (Å²) in [6, 6.07) is 12.6. The number of halogens is 1. The van der Waals surface area contributed by atoms with Crippen LogP contribution in [0.1, 0.15) is 23.1 Å².